The first-order chi connectivity index (χ1) is 12.3. The van der Waals surface area contributed by atoms with Crippen molar-refractivity contribution >= 4 is 10.9 Å². The molecule has 0 aliphatic rings. The van der Waals surface area contributed by atoms with Crippen LogP contribution in [0.1, 0.15) is 136 Å². The lowest BCUT2D eigenvalue weighted by molar-refractivity contribution is 0.619. The Hall–Kier alpha value is 0.310. The zero-order valence-electron chi connectivity index (χ0n) is 19.0. The normalized spacial score (nSPS) is 11.1. The highest BCUT2D eigenvalue weighted by Gasteiger charge is 2.16. The summed E-state index contributed by atoms with van der Waals surface area (Å²) in [6, 6.07) is 0. The first kappa shape index (κ1) is 28.5. The quantitative estimate of drug-likeness (QED) is 0.155. The minimum atomic E-state index is 0. The highest BCUT2D eigenvalue weighted by atomic mass is 32.2. The molecule has 0 spiro atoms. The van der Waals surface area contributed by atoms with Crippen molar-refractivity contribution in [1.82, 2.24) is 6.15 Å². The molecule has 0 unspecified atom stereocenters. The van der Waals surface area contributed by atoms with Gasteiger partial charge in [-0.2, -0.15) is 0 Å². The molecule has 0 aromatic heterocycles. The molecule has 26 heavy (non-hydrogen) atoms. The predicted molar refractivity (Wildman–Crippen MR) is 127 cm³/mol. The van der Waals surface area contributed by atoms with Crippen LogP contribution in [0.5, 0.6) is 0 Å². The Labute approximate surface area is 170 Å². The van der Waals surface area contributed by atoms with Gasteiger partial charge in [0.2, 0.25) is 0 Å². The van der Waals surface area contributed by atoms with Crippen LogP contribution in [0.25, 0.3) is 0 Å². The SMILES string of the molecule is CCCCCCCC[S+](CCCCCCCC)CCCCCCCC.N. The van der Waals surface area contributed by atoms with E-state index in [2.05, 4.69) is 20.8 Å². The van der Waals surface area contributed by atoms with Gasteiger partial charge in [0.15, 0.2) is 0 Å². The third-order valence-electron chi connectivity index (χ3n) is 5.36. The van der Waals surface area contributed by atoms with Crippen LogP contribution < -0.4 is 6.15 Å². The van der Waals surface area contributed by atoms with Gasteiger partial charge in [0.25, 0.3) is 0 Å². The molecule has 0 aromatic rings. The molecular weight excluding hydrogens is 334 g/mol. The Morgan fingerprint density at radius 1 is 0.346 bits per heavy atom. The molecule has 1 nitrogen and oxygen atoms in total. The average molecular weight is 389 g/mol. The van der Waals surface area contributed by atoms with Crippen LogP contribution in [-0.4, -0.2) is 17.3 Å². The fourth-order valence-electron chi connectivity index (χ4n) is 3.57. The molecule has 0 heterocycles. The van der Waals surface area contributed by atoms with Crippen LogP contribution in [0.4, 0.5) is 0 Å². The zero-order valence-corrected chi connectivity index (χ0v) is 19.8. The van der Waals surface area contributed by atoms with Crippen molar-refractivity contribution in [3.05, 3.63) is 0 Å². The molecule has 0 aliphatic carbocycles. The molecule has 0 bridgehead atoms. The van der Waals surface area contributed by atoms with Gasteiger partial charge < -0.3 is 6.15 Å². The summed E-state index contributed by atoms with van der Waals surface area (Å²) in [5.41, 5.74) is 0. The third-order valence-corrected chi connectivity index (χ3v) is 7.96. The summed E-state index contributed by atoms with van der Waals surface area (Å²) in [4.78, 5) is 0. The molecule has 0 saturated carbocycles. The molecular formula is C24H54NS+. The molecule has 2 heteroatoms. The monoisotopic (exact) mass is 388 g/mol. The van der Waals surface area contributed by atoms with Crippen molar-refractivity contribution in [3.8, 4) is 0 Å². The van der Waals surface area contributed by atoms with E-state index in [1.54, 1.807) is 17.3 Å². The van der Waals surface area contributed by atoms with Gasteiger partial charge in [-0.1, -0.05) is 97.8 Å². The first-order valence-corrected chi connectivity index (χ1v) is 13.7. The maximum Gasteiger partial charge on any atom is 0.108 e. The minimum Gasteiger partial charge on any atom is -0.344 e. The van der Waals surface area contributed by atoms with E-state index >= 15 is 0 Å². The fourth-order valence-corrected chi connectivity index (χ4v) is 6.02. The molecule has 0 rings (SSSR count). The van der Waals surface area contributed by atoms with Gasteiger partial charge in [-0.15, -0.1) is 0 Å². The first-order valence-electron chi connectivity index (χ1n) is 12.0. The lowest BCUT2D eigenvalue weighted by Gasteiger charge is -2.10. The summed E-state index contributed by atoms with van der Waals surface area (Å²) in [6.07, 6.45) is 26.4. The molecule has 3 N–H and O–H groups in total. The predicted octanol–water partition coefficient (Wildman–Crippen LogP) is 8.85. The zero-order chi connectivity index (χ0) is 18.4. The van der Waals surface area contributed by atoms with E-state index in [1.165, 1.54) is 116 Å². The second-order valence-corrected chi connectivity index (χ2v) is 10.5. The van der Waals surface area contributed by atoms with Crippen LogP contribution in [0.15, 0.2) is 0 Å². The Kier molecular flexibility index (Phi) is 27.8. The highest BCUT2D eigenvalue weighted by molar-refractivity contribution is 7.96. The summed E-state index contributed by atoms with van der Waals surface area (Å²) >= 11 is 0. The Bertz CT molecular complexity index is 194. The van der Waals surface area contributed by atoms with E-state index in [4.69, 9.17) is 0 Å². The highest BCUT2D eigenvalue weighted by Crippen LogP contribution is 2.14. The standard InChI is InChI=1S/C24H51S.H3N/c1-4-7-10-13-16-19-22-25(23-20-17-14-11-8-5-2)24-21-18-15-12-9-6-3;/h4-24H2,1-3H3;1H3/q+1;. The maximum atomic E-state index is 2.32. The molecule has 0 fully saturated rings. The second-order valence-electron chi connectivity index (χ2n) is 8.03. The summed E-state index contributed by atoms with van der Waals surface area (Å²) < 4.78 is 0. The third kappa shape index (κ3) is 22.4. The minimum absolute atomic E-state index is 0. The molecule has 0 atom stereocenters. The topological polar surface area (TPSA) is 35.0 Å². The van der Waals surface area contributed by atoms with Crippen LogP contribution in [-0.2, 0) is 10.9 Å². The van der Waals surface area contributed by atoms with Crippen molar-refractivity contribution in [2.75, 3.05) is 17.3 Å². The number of rotatable bonds is 21. The molecule has 0 aliphatic heterocycles. The van der Waals surface area contributed by atoms with E-state index in [0.717, 1.165) is 10.9 Å². The fraction of sp³-hybridized carbons (Fsp3) is 1.00. The Morgan fingerprint density at radius 2 is 0.577 bits per heavy atom. The van der Waals surface area contributed by atoms with Gasteiger partial charge in [-0.3, -0.25) is 0 Å². The molecule has 0 amide bonds. The van der Waals surface area contributed by atoms with Crippen molar-refractivity contribution in [3.63, 3.8) is 0 Å². The van der Waals surface area contributed by atoms with Crippen LogP contribution in [0, 0.1) is 0 Å². The van der Waals surface area contributed by atoms with Gasteiger partial charge in [0.05, 0.1) is 0 Å². The maximum absolute atomic E-state index is 2.32. The van der Waals surface area contributed by atoms with Crippen LogP contribution in [0.3, 0.4) is 0 Å². The van der Waals surface area contributed by atoms with Crippen LogP contribution >= 0.6 is 0 Å². The average Bonchev–Trinajstić information content (AvgIpc) is 2.63. The van der Waals surface area contributed by atoms with Crippen molar-refractivity contribution < 1.29 is 0 Å². The van der Waals surface area contributed by atoms with Crippen LogP contribution in [0.2, 0.25) is 0 Å². The molecule has 0 aromatic carbocycles. The van der Waals surface area contributed by atoms with Gasteiger partial charge in [-0.05, 0) is 49.4 Å². The molecule has 0 saturated heterocycles. The number of hydrogen-bond acceptors (Lipinski definition) is 1. The van der Waals surface area contributed by atoms with Gasteiger partial charge in [0.1, 0.15) is 17.3 Å². The lowest BCUT2D eigenvalue weighted by Crippen LogP contribution is -2.17. The lowest BCUT2D eigenvalue weighted by atomic mass is 10.1. The van der Waals surface area contributed by atoms with Crippen molar-refractivity contribution in [2.45, 2.75) is 136 Å². The second kappa shape index (κ2) is 25.3. The van der Waals surface area contributed by atoms with Crippen molar-refractivity contribution in [2.24, 2.45) is 0 Å². The summed E-state index contributed by atoms with van der Waals surface area (Å²) in [5, 5.41) is 0. The number of hydrogen-bond donors (Lipinski definition) is 1. The molecule has 160 valence electrons. The molecule has 0 radical (unpaired) electrons. The smallest absolute Gasteiger partial charge is 0.108 e. The van der Waals surface area contributed by atoms with Gasteiger partial charge in [0, 0.05) is 0 Å². The van der Waals surface area contributed by atoms with E-state index in [0.29, 0.717) is 0 Å². The van der Waals surface area contributed by atoms with E-state index in [9.17, 15) is 0 Å². The Balaban J connectivity index is 0. The Morgan fingerprint density at radius 3 is 0.846 bits per heavy atom. The van der Waals surface area contributed by atoms with Gasteiger partial charge >= 0.3 is 0 Å². The summed E-state index contributed by atoms with van der Waals surface area (Å²) in [5.74, 6) is 4.65. The van der Waals surface area contributed by atoms with E-state index in [1.807, 2.05) is 0 Å². The van der Waals surface area contributed by atoms with E-state index < -0.39 is 0 Å². The van der Waals surface area contributed by atoms with Gasteiger partial charge in [-0.25, -0.2) is 0 Å². The summed E-state index contributed by atoms with van der Waals surface area (Å²) in [6.45, 7) is 6.95. The number of unbranched alkanes of at least 4 members (excludes halogenated alkanes) is 15. The van der Waals surface area contributed by atoms with E-state index in [-0.39, 0.29) is 6.15 Å². The van der Waals surface area contributed by atoms with Crippen molar-refractivity contribution in [1.29, 1.82) is 0 Å². The summed E-state index contributed by atoms with van der Waals surface area (Å²) in [7, 11) is 0.754. The largest absolute Gasteiger partial charge is 0.344 e.